The third-order valence-electron chi connectivity index (χ3n) is 5.45. The summed E-state index contributed by atoms with van der Waals surface area (Å²) in [7, 11) is 0. The zero-order valence-corrected chi connectivity index (χ0v) is 20.5. The monoisotopic (exact) mass is 478 g/mol. The van der Waals surface area contributed by atoms with Crippen LogP contribution in [0.25, 0.3) is 22.3 Å². The van der Waals surface area contributed by atoms with E-state index < -0.39 is 11.7 Å². The lowest BCUT2D eigenvalue weighted by Crippen LogP contribution is -2.47. The van der Waals surface area contributed by atoms with Gasteiger partial charge >= 0.3 is 6.09 Å². The average molecular weight is 479 g/mol. The third kappa shape index (κ3) is 6.14. The predicted octanol–water partition coefficient (Wildman–Crippen LogP) is 5.13. The topological polar surface area (TPSA) is 76.5 Å². The van der Waals surface area contributed by atoms with Crippen molar-refractivity contribution in [3.63, 3.8) is 0 Å². The maximum atomic E-state index is 12.9. The van der Waals surface area contributed by atoms with Crippen LogP contribution in [0.4, 0.5) is 4.79 Å². The summed E-state index contributed by atoms with van der Waals surface area (Å²) in [6.07, 6.45) is 6.40. The van der Waals surface area contributed by atoms with Crippen molar-refractivity contribution in [3.8, 4) is 16.3 Å². The molecule has 178 valence electrons. The lowest BCUT2D eigenvalue weighted by atomic mass is 10.1. The van der Waals surface area contributed by atoms with Crippen LogP contribution in [0.3, 0.4) is 0 Å². The molecule has 0 bridgehead atoms. The number of aromatic nitrogens is 2. The van der Waals surface area contributed by atoms with Gasteiger partial charge < -0.3 is 15.0 Å². The molecule has 3 aromatic rings. The van der Waals surface area contributed by atoms with Crippen molar-refractivity contribution in [3.05, 3.63) is 65.7 Å². The molecule has 3 heterocycles. The molecule has 1 fully saturated rings. The van der Waals surface area contributed by atoms with Crippen LogP contribution in [0.2, 0.25) is 0 Å². The van der Waals surface area contributed by atoms with Gasteiger partial charge in [-0.2, -0.15) is 5.10 Å². The van der Waals surface area contributed by atoms with Crippen LogP contribution in [0, 0.1) is 0 Å². The standard InChI is InChI=1S/C26H30N4O3S/c1-26(2,3)33-25(32)27-20-13-15-29(16-14-20)23(31)12-11-19-18-30(21-8-5-4-6-9-21)28-24(19)22-10-7-17-34-22/h4-12,17-18,20H,13-16H2,1-3H3,(H,27,32)/b12-11+. The first-order valence-corrected chi connectivity index (χ1v) is 12.3. The molecule has 1 N–H and O–H groups in total. The number of ether oxygens (including phenoxy) is 1. The van der Waals surface area contributed by atoms with Crippen LogP contribution in [0.5, 0.6) is 0 Å². The maximum Gasteiger partial charge on any atom is 0.407 e. The zero-order valence-electron chi connectivity index (χ0n) is 19.7. The Labute approximate surface area is 204 Å². The van der Waals surface area contributed by atoms with E-state index in [9.17, 15) is 9.59 Å². The number of benzene rings is 1. The van der Waals surface area contributed by atoms with Crippen molar-refractivity contribution in [2.45, 2.75) is 45.3 Å². The van der Waals surface area contributed by atoms with Crippen LogP contribution >= 0.6 is 11.3 Å². The number of amides is 2. The van der Waals surface area contributed by atoms with E-state index in [4.69, 9.17) is 9.84 Å². The number of likely N-dealkylation sites (tertiary alicyclic amines) is 1. The van der Waals surface area contributed by atoms with Gasteiger partial charge in [-0.3, -0.25) is 4.79 Å². The second-order valence-corrected chi connectivity index (χ2v) is 10.2. The van der Waals surface area contributed by atoms with Crippen LogP contribution in [0.15, 0.2) is 60.1 Å². The fourth-order valence-corrected chi connectivity index (χ4v) is 4.54. The molecule has 4 rings (SSSR count). The zero-order chi connectivity index (χ0) is 24.1. The fraction of sp³-hybridized carbons (Fsp3) is 0.346. The largest absolute Gasteiger partial charge is 0.444 e. The number of hydrogen-bond acceptors (Lipinski definition) is 5. The minimum Gasteiger partial charge on any atom is -0.444 e. The van der Waals surface area contributed by atoms with Gasteiger partial charge in [-0.1, -0.05) is 24.3 Å². The maximum absolute atomic E-state index is 12.9. The number of para-hydroxylation sites is 1. The molecule has 1 saturated heterocycles. The summed E-state index contributed by atoms with van der Waals surface area (Å²) in [5.41, 5.74) is 2.18. The Morgan fingerprint density at radius 1 is 1.12 bits per heavy atom. The Hall–Kier alpha value is -3.39. The van der Waals surface area contributed by atoms with Gasteiger partial charge in [0.05, 0.1) is 10.6 Å². The van der Waals surface area contributed by atoms with E-state index in [0.29, 0.717) is 25.9 Å². The summed E-state index contributed by atoms with van der Waals surface area (Å²) < 4.78 is 7.17. The molecule has 0 radical (unpaired) electrons. The van der Waals surface area contributed by atoms with E-state index in [1.54, 1.807) is 17.4 Å². The number of carbonyl (C=O) groups excluding carboxylic acids is 2. The van der Waals surface area contributed by atoms with Gasteiger partial charge in [-0.25, -0.2) is 9.48 Å². The van der Waals surface area contributed by atoms with Gasteiger partial charge in [0.15, 0.2) is 0 Å². The normalized spacial score (nSPS) is 15.0. The van der Waals surface area contributed by atoms with Crippen molar-refractivity contribution in [1.29, 1.82) is 0 Å². The molecule has 0 spiro atoms. The van der Waals surface area contributed by atoms with Crippen molar-refractivity contribution < 1.29 is 14.3 Å². The Kier molecular flexibility index (Phi) is 7.17. The molecule has 34 heavy (non-hydrogen) atoms. The summed E-state index contributed by atoms with van der Waals surface area (Å²) >= 11 is 1.62. The second kappa shape index (κ2) is 10.3. The summed E-state index contributed by atoms with van der Waals surface area (Å²) in [6, 6.07) is 14.0. The lowest BCUT2D eigenvalue weighted by Gasteiger charge is -2.32. The number of carbonyl (C=O) groups is 2. The molecule has 7 nitrogen and oxygen atoms in total. The van der Waals surface area contributed by atoms with Gasteiger partial charge in [0.2, 0.25) is 5.91 Å². The van der Waals surface area contributed by atoms with Gasteiger partial charge in [-0.15, -0.1) is 11.3 Å². The van der Waals surface area contributed by atoms with Gasteiger partial charge in [0, 0.05) is 37.0 Å². The SMILES string of the molecule is CC(C)(C)OC(=O)NC1CCN(C(=O)/C=C/c2cn(-c3ccccc3)nc2-c2cccs2)CC1. The number of hydrogen-bond donors (Lipinski definition) is 1. The van der Waals surface area contributed by atoms with Crippen molar-refractivity contribution >= 4 is 29.4 Å². The quantitative estimate of drug-likeness (QED) is 0.516. The first kappa shape index (κ1) is 23.8. The van der Waals surface area contributed by atoms with Crippen LogP contribution in [-0.2, 0) is 9.53 Å². The van der Waals surface area contributed by atoms with Crippen molar-refractivity contribution in [2.24, 2.45) is 0 Å². The minimum atomic E-state index is -0.526. The van der Waals surface area contributed by atoms with Crippen LogP contribution in [0.1, 0.15) is 39.2 Å². The minimum absolute atomic E-state index is 0.0115. The summed E-state index contributed by atoms with van der Waals surface area (Å²) in [4.78, 5) is 27.7. The van der Waals surface area contributed by atoms with Crippen LogP contribution < -0.4 is 5.32 Å². The molecule has 0 aliphatic carbocycles. The molecular weight excluding hydrogens is 448 g/mol. The summed E-state index contributed by atoms with van der Waals surface area (Å²) in [6.45, 7) is 6.70. The number of rotatable bonds is 5. The fourth-order valence-electron chi connectivity index (χ4n) is 3.81. The van der Waals surface area contributed by atoms with E-state index in [1.807, 2.05) is 90.5 Å². The molecule has 0 atom stereocenters. The molecule has 1 aromatic carbocycles. The van der Waals surface area contributed by atoms with E-state index in [0.717, 1.165) is 21.8 Å². The number of alkyl carbamates (subject to hydrolysis) is 1. The van der Waals surface area contributed by atoms with Crippen molar-refractivity contribution in [1.82, 2.24) is 20.0 Å². The third-order valence-corrected chi connectivity index (χ3v) is 6.33. The Balaban J connectivity index is 1.40. The van der Waals surface area contributed by atoms with Gasteiger partial charge in [-0.05, 0) is 63.3 Å². The molecule has 2 aromatic heterocycles. The van der Waals surface area contributed by atoms with E-state index in [1.165, 1.54) is 0 Å². The van der Waals surface area contributed by atoms with Gasteiger partial charge in [0.25, 0.3) is 0 Å². The molecule has 1 aliphatic rings. The van der Waals surface area contributed by atoms with Crippen molar-refractivity contribution in [2.75, 3.05) is 13.1 Å². The van der Waals surface area contributed by atoms with E-state index in [-0.39, 0.29) is 11.9 Å². The highest BCUT2D eigenvalue weighted by molar-refractivity contribution is 7.13. The molecule has 8 heteroatoms. The number of piperidine rings is 1. The Bertz CT molecular complexity index is 1140. The molecule has 2 amide bonds. The highest BCUT2D eigenvalue weighted by Gasteiger charge is 2.25. The molecular formula is C26H30N4O3S. The second-order valence-electron chi connectivity index (χ2n) is 9.27. The Morgan fingerprint density at radius 2 is 1.85 bits per heavy atom. The Morgan fingerprint density at radius 3 is 2.50 bits per heavy atom. The summed E-state index contributed by atoms with van der Waals surface area (Å²) in [5.74, 6) is -0.0414. The smallest absolute Gasteiger partial charge is 0.407 e. The molecule has 1 aliphatic heterocycles. The number of nitrogens with one attached hydrogen (secondary N) is 1. The van der Waals surface area contributed by atoms with Gasteiger partial charge in [0.1, 0.15) is 11.3 Å². The average Bonchev–Trinajstić information content (AvgIpc) is 3.47. The molecule has 0 unspecified atom stereocenters. The first-order chi connectivity index (χ1) is 16.3. The van der Waals surface area contributed by atoms with E-state index >= 15 is 0 Å². The highest BCUT2D eigenvalue weighted by Crippen LogP contribution is 2.28. The lowest BCUT2D eigenvalue weighted by molar-refractivity contribution is -0.127. The van der Waals surface area contributed by atoms with E-state index in [2.05, 4.69) is 5.32 Å². The first-order valence-electron chi connectivity index (χ1n) is 11.4. The van der Waals surface area contributed by atoms with Crippen LogP contribution in [-0.4, -0.2) is 51.4 Å². The predicted molar refractivity (Wildman–Crippen MR) is 135 cm³/mol. The summed E-state index contributed by atoms with van der Waals surface area (Å²) in [5, 5.41) is 9.70. The molecule has 0 saturated carbocycles. The number of thiophene rings is 1. The number of nitrogens with zero attached hydrogens (tertiary/aromatic N) is 3. The highest BCUT2D eigenvalue weighted by atomic mass is 32.1.